The second kappa shape index (κ2) is 8.56. The lowest BCUT2D eigenvalue weighted by Crippen LogP contribution is -2.43. The fourth-order valence-electron chi connectivity index (χ4n) is 3.55. The van der Waals surface area contributed by atoms with Crippen LogP contribution in [0.2, 0.25) is 0 Å². The second-order valence-corrected chi connectivity index (χ2v) is 7.17. The van der Waals surface area contributed by atoms with Crippen LogP contribution >= 0.6 is 0 Å². The number of ether oxygens (including phenoxy) is 1. The third-order valence-electron chi connectivity index (χ3n) is 5.17. The van der Waals surface area contributed by atoms with Crippen LogP contribution in [-0.2, 0) is 6.54 Å². The van der Waals surface area contributed by atoms with Crippen LogP contribution in [0, 0.1) is 5.92 Å². The average molecular weight is 345 g/mol. The van der Waals surface area contributed by atoms with E-state index in [1.165, 1.54) is 6.42 Å². The maximum absolute atomic E-state index is 12.7. The second-order valence-electron chi connectivity index (χ2n) is 7.17. The smallest absolute Gasteiger partial charge is 0.317 e. The Hall–Kier alpha value is -1.75. The highest BCUT2D eigenvalue weighted by molar-refractivity contribution is 5.75. The van der Waals surface area contributed by atoms with E-state index in [4.69, 9.17) is 4.74 Å². The van der Waals surface area contributed by atoms with E-state index >= 15 is 0 Å². The number of nitrogens with one attached hydrogen (secondary N) is 1. The summed E-state index contributed by atoms with van der Waals surface area (Å²) in [6, 6.07) is 8.56. The first-order valence-corrected chi connectivity index (χ1v) is 9.68. The standard InChI is InChI=1S/C20H31N3O2/c1-3-22-11-10-17(14-22)13-21-20(24)23(18-8-9-18)15-16-6-5-7-19(12-16)25-4-2/h5-7,12,17-18H,3-4,8-11,13-15H2,1-2H3,(H,21,24). The van der Waals surface area contributed by atoms with Crippen molar-refractivity contribution >= 4 is 6.03 Å². The van der Waals surface area contributed by atoms with Gasteiger partial charge in [-0.3, -0.25) is 0 Å². The van der Waals surface area contributed by atoms with Crippen LogP contribution in [0.5, 0.6) is 5.75 Å². The molecule has 0 radical (unpaired) electrons. The lowest BCUT2D eigenvalue weighted by molar-refractivity contribution is 0.190. The summed E-state index contributed by atoms with van der Waals surface area (Å²) in [7, 11) is 0. The molecule has 25 heavy (non-hydrogen) atoms. The fraction of sp³-hybridized carbons (Fsp3) is 0.650. The van der Waals surface area contributed by atoms with E-state index in [1.54, 1.807) is 0 Å². The number of carbonyl (C=O) groups is 1. The summed E-state index contributed by atoms with van der Waals surface area (Å²) in [5, 5.41) is 3.18. The molecule has 0 aromatic heterocycles. The van der Waals surface area contributed by atoms with Crippen LogP contribution in [0.25, 0.3) is 0 Å². The zero-order chi connectivity index (χ0) is 17.6. The third-order valence-corrected chi connectivity index (χ3v) is 5.17. The van der Waals surface area contributed by atoms with Crippen molar-refractivity contribution < 1.29 is 9.53 Å². The van der Waals surface area contributed by atoms with Gasteiger partial charge in [-0.25, -0.2) is 4.79 Å². The lowest BCUT2D eigenvalue weighted by Gasteiger charge is -2.24. The van der Waals surface area contributed by atoms with Gasteiger partial charge in [-0.15, -0.1) is 0 Å². The van der Waals surface area contributed by atoms with Gasteiger partial charge in [-0.1, -0.05) is 19.1 Å². The molecule has 0 spiro atoms. The molecule has 1 unspecified atom stereocenters. The molecular weight excluding hydrogens is 314 g/mol. The number of urea groups is 1. The van der Waals surface area contributed by atoms with Crippen molar-refractivity contribution in [3.63, 3.8) is 0 Å². The zero-order valence-electron chi connectivity index (χ0n) is 15.5. The Labute approximate surface area is 151 Å². The van der Waals surface area contributed by atoms with Crippen LogP contribution in [0.4, 0.5) is 4.79 Å². The molecule has 1 N–H and O–H groups in total. The minimum absolute atomic E-state index is 0.0826. The molecule has 5 heteroatoms. The van der Waals surface area contributed by atoms with Crippen LogP contribution in [0.1, 0.15) is 38.7 Å². The average Bonchev–Trinajstić information content (AvgIpc) is 3.36. The van der Waals surface area contributed by atoms with Crippen molar-refractivity contribution in [2.24, 2.45) is 5.92 Å². The first kappa shape index (κ1) is 18.1. The molecule has 138 valence electrons. The Morgan fingerprint density at radius 2 is 2.16 bits per heavy atom. The van der Waals surface area contributed by atoms with Crippen molar-refractivity contribution in [3.05, 3.63) is 29.8 Å². The Bertz CT molecular complexity index is 574. The molecule has 1 aliphatic heterocycles. The Morgan fingerprint density at radius 1 is 1.32 bits per heavy atom. The van der Waals surface area contributed by atoms with E-state index < -0.39 is 0 Å². The summed E-state index contributed by atoms with van der Waals surface area (Å²) in [6.45, 7) is 9.66. The molecule has 1 atom stereocenters. The van der Waals surface area contributed by atoms with E-state index in [9.17, 15) is 4.79 Å². The summed E-state index contributed by atoms with van der Waals surface area (Å²) in [4.78, 5) is 17.2. The molecule has 5 nitrogen and oxygen atoms in total. The van der Waals surface area contributed by atoms with Crippen molar-refractivity contribution in [2.75, 3.05) is 32.8 Å². The van der Waals surface area contributed by atoms with Gasteiger partial charge in [0.05, 0.1) is 6.61 Å². The van der Waals surface area contributed by atoms with E-state index in [0.717, 1.165) is 50.3 Å². The molecule has 1 saturated heterocycles. The van der Waals surface area contributed by atoms with Crippen molar-refractivity contribution in [3.8, 4) is 5.75 Å². The highest BCUT2D eigenvalue weighted by Gasteiger charge is 2.33. The number of hydrogen-bond donors (Lipinski definition) is 1. The van der Waals surface area contributed by atoms with Gasteiger partial charge in [0.1, 0.15) is 5.75 Å². The van der Waals surface area contributed by atoms with Crippen LogP contribution in [0.15, 0.2) is 24.3 Å². The number of benzene rings is 1. The predicted molar refractivity (Wildman–Crippen MR) is 99.8 cm³/mol. The quantitative estimate of drug-likeness (QED) is 0.787. The van der Waals surface area contributed by atoms with Crippen molar-refractivity contribution in [1.82, 2.24) is 15.1 Å². The number of amides is 2. The van der Waals surface area contributed by atoms with Gasteiger partial charge in [0, 0.05) is 25.7 Å². The Morgan fingerprint density at radius 3 is 2.84 bits per heavy atom. The maximum atomic E-state index is 12.7. The van der Waals surface area contributed by atoms with Gasteiger partial charge in [-0.05, 0) is 62.9 Å². The van der Waals surface area contributed by atoms with E-state index in [1.807, 2.05) is 30.0 Å². The minimum Gasteiger partial charge on any atom is -0.494 e. The first-order chi connectivity index (χ1) is 12.2. The molecule has 0 bridgehead atoms. The summed E-state index contributed by atoms with van der Waals surface area (Å²) in [6.07, 6.45) is 3.42. The van der Waals surface area contributed by atoms with Gasteiger partial charge in [0.15, 0.2) is 0 Å². The molecule has 2 fully saturated rings. The molecule has 1 saturated carbocycles. The van der Waals surface area contributed by atoms with E-state index in [-0.39, 0.29) is 6.03 Å². The number of carbonyl (C=O) groups excluding carboxylic acids is 1. The van der Waals surface area contributed by atoms with Crippen LogP contribution in [-0.4, -0.2) is 54.7 Å². The molecule has 1 aliphatic carbocycles. The summed E-state index contributed by atoms with van der Waals surface area (Å²) in [5.41, 5.74) is 1.13. The fourth-order valence-corrected chi connectivity index (χ4v) is 3.55. The molecule has 1 aromatic carbocycles. The predicted octanol–water partition coefficient (Wildman–Crippen LogP) is 3.10. The van der Waals surface area contributed by atoms with Gasteiger partial charge in [-0.2, -0.15) is 0 Å². The molecule has 2 amide bonds. The maximum Gasteiger partial charge on any atom is 0.317 e. The van der Waals surface area contributed by atoms with Gasteiger partial charge in [0.25, 0.3) is 0 Å². The summed E-state index contributed by atoms with van der Waals surface area (Å²) < 4.78 is 5.58. The van der Waals surface area contributed by atoms with Crippen molar-refractivity contribution in [2.45, 2.75) is 45.7 Å². The minimum atomic E-state index is 0.0826. The highest BCUT2D eigenvalue weighted by atomic mass is 16.5. The van der Waals surface area contributed by atoms with Gasteiger partial charge >= 0.3 is 6.03 Å². The number of hydrogen-bond acceptors (Lipinski definition) is 3. The molecule has 1 heterocycles. The first-order valence-electron chi connectivity index (χ1n) is 9.68. The van der Waals surface area contributed by atoms with Crippen LogP contribution < -0.4 is 10.1 Å². The zero-order valence-corrected chi connectivity index (χ0v) is 15.5. The van der Waals surface area contributed by atoms with Crippen molar-refractivity contribution in [1.29, 1.82) is 0 Å². The molecule has 2 aliphatic rings. The molecular formula is C20H31N3O2. The lowest BCUT2D eigenvalue weighted by atomic mass is 10.1. The number of rotatable bonds is 8. The normalized spacial score (nSPS) is 20.5. The topological polar surface area (TPSA) is 44.8 Å². The highest BCUT2D eigenvalue weighted by Crippen LogP contribution is 2.29. The monoisotopic (exact) mass is 345 g/mol. The third kappa shape index (κ3) is 5.11. The van der Waals surface area contributed by atoms with E-state index in [0.29, 0.717) is 25.1 Å². The number of likely N-dealkylation sites (tertiary alicyclic amines) is 1. The molecule has 3 rings (SSSR count). The summed E-state index contributed by atoms with van der Waals surface area (Å²) >= 11 is 0. The molecule has 1 aromatic rings. The van der Waals surface area contributed by atoms with E-state index in [2.05, 4.69) is 23.2 Å². The SMILES string of the molecule is CCOc1cccc(CN(C(=O)NCC2CCN(CC)C2)C2CC2)c1. The van der Waals surface area contributed by atoms with Gasteiger partial charge in [0.2, 0.25) is 0 Å². The van der Waals surface area contributed by atoms with Crippen LogP contribution in [0.3, 0.4) is 0 Å². The largest absolute Gasteiger partial charge is 0.494 e. The van der Waals surface area contributed by atoms with Gasteiger partial charge < -0.3 is 19.9 Å². The summed E-state index contributed by atoms with van der Waals surface area (Å²) in [5.74, 6) is 1.47. The number of nitrogens with zero attached hydrogens (tertiary/aromatic N) is 2. The Balaban J connectivity index is 1.54. The Kier molecular flexibility index (Phi) is 6.19.